The summed E-state index contributed by atoms with van der Waals surface area (Å²) >= 11 is 0. The Morgan fingerprint density at radius 3 is 1.50 bits per heavy atom. The van der Waals surface area contributed by atoms with Crippen molar-refractivity contribution in [2.45, 2.75) is 12.8 Å². The van der Waals surface area contributed by atoms with Gasteiger partial charge in [-0.2, -0.15) is 0 Å². The third-order valence-corrected chi connectivity index (χ3v) is 4.71. The van der Waals surface area contributed by atoms with E-state index in [1.807, 2.05) is 12.2 Å². The third kappa shape index (κ3) is 1.05. The molecule has 0 aromatic rings. The standard InChI is InChI=1S/C12H14O4/c13-11(14)9-7-3-4-8(10(9)12(15)16)6-2-1-5(6)7/h3-10H,1-2H2,(H,13,14)(H,15,16)/t5-,6-,7-,8-,9+,10+/m0/s1. The molecule has 0 spiro atoms. The lowest BCUT2D eigenvalue weighted by molar-refractivity contribution is -0.170. The molecule has 4 rings (SSSR count). The van der Waals surface area contributed by atoms with E-state index >= 15 is 0 Å². The molecule has 16 heavy (non-hydrogen) atoms. The molecule has 6 atom stereocenters. The number of hydrogen-bond acceptors (Lipinski definition) is 2. The second-order valence-corrected chi connectivity index (χ2v) is 5.17. The molecule has 0 aromatic heterocycles. The average molecular weight is 222 g/mol. The molecule has 86 valence electrons. The first-order valence-corrected chi connectivity index (χ1v) is 5.75. The minimum absolute atomic E-state index is 0.0534. The van der Waals surface area contributed by atoms with E-state index in [9.17, 15) is 19.8 Å². The maximum Gasteiger partial charge on any atom is 0.308 e. The van der Waals surface area contributed by atoms with Gasteiger partial charge in [-0.1, -0.05) is 12.2 Å². The Bertz CT molecular complexity index is 350. The highest BCUT2D eigenvalue weighted by atomic mass is 16.4. The Morgan fingerprint density at radius 2 is 1.25 bits per heavy atom. The fourth-order valence-electron chi connectivity index (χ4n) is 3.94. The van der Waals surface area contributed by atoms with Gasteiger partial charge < -0.3 is 10.2 Å². The van der Waals surface area contributed by atoms with Gasteiger partial charge in [0.2, 0.25) is 0 Å². The van der Waals surface area contributed by atoms with E-state index in [0.717, 1.165) is 12.8 Å². The maximum absolute atomic E-state index is 11.2. The lowest BCUT2D eigenvalue weighted by Crippen LogP contribution is -2.56. The monoisotopic (exact) mass is 222 g/mol. The van der Waals surface area contributed by atoms with Crippen molar-refractivity contribution in [1.29, 1.82) is 0 Å². The number of carboxylic acid groups (broad SMARTS) is 2. The summed E-state index contributed by atoms with van der Waals surface area (Å²) in [5.74, 6) is -2.58. The van der Waals surface area contributed by atoms with Crippen LogP contribution in [0.1, 0.15) is 12.8 Å². The molecule has 2 fully saturated rings. The SMILES string of the molecule is O=C(O)[C@@H]1[C@H]2C=C[C@@H]([C@H]3CC[C@H]23)[C@H]1C(=O)O. The van der Waals surface area contributed by atoms with Gasteiger partial charge in [0, 0.05) is 0 Å². The first-order valence-electron chi connectivity index (χ1n) is 5.75. The van der Waals surface area contributed by atoms with Crippen molar-refractivity contribution >= 4 is 11.9 Å². The zero-order valence-corrected chi connectivity index (χ0v) is 8.74. The van der Waals surface area contributed by atoms with E-state index in [1.165, 1.54) is 0 Å². The lowest BCUT2D eigenvalue weighted by Gasteiger charge is -2.56. The Labute approximate surface area is 93.0 Å². The van der Waals surface area contributed by atoms with E-state index in [-0.39, 0.29) is 11.8 Å². The first kappa shape index (κ1) is 9.87. The van der Waals surface area contributed by atoms with Crippen molar-refractivity contribution in [2.75, 3.05) is 0 Å². The number of fused-ring (bicyclic) bond motifs is 1. The van der Waals surface area contributed by atoms with Crippen LogP contribution in [0.4, 0.5) is 0 Å². The highest BCUT2D eigenvalue weighted by Gasteiger charge is 2.59. The van der Waals surface area contributed by atoms with Crippen LogP contribution in [0.5, 0.6) is 0 Å². The maximum atomic E-state index is 11.2. The first-order chi connectivity index (χ1) is 7.61. The smallest absolute Gasteiger partial charge is 0.308 e. The van der Waals surface area contributed by atoms with E-state index in [2.05, 4.69) is 0 Å². The normalized spacial score (nSPS) is 48.2. The Balaban J connectivity index is 2.02. The van der Waals surface area contributed by atoms with Crippen molar-refractivity contribution in [3.05, 3.63) is 12.2 Å². The van der Waals surface area contributed by atoms with Crippen LogP contribution < -0.4 is 0 Å². The predicted octanol–water partition coefficient (Wildman–Crippen LogP) is 1.23. The van der Waals surface area contributed by atoms with Crippen LogP contribution in [-0.4, -0.2) is 22.2 Å². The van der Waals surface area contributed by atoms with E-state index in [0.29, 0.717) is 11.8 Å². The molecule has 0 unspecified atom stereocenters. The van der Waals surface area contributed by atoms with E-state index in [4.69, 9.17) is 0 Å². The van der Waals surface area contributed by atoms with Crippen molar-refractivity contribution in [1.82, 2.24) is 0 Å². The Morgan fingerprint density at radius 1 is 0.875 bits per heavy atom. The minimum Gasteiger partial charge on any atom is -0.481 e. The molecule has 2 bridgehead atoms. The third-order valence-electron chi connectivity index (χ3n) is 4.71. The molecule has 4 aliphatic carbocycles. The molecule has 0 aliphatic heterocycles. The van der Waals surface area contributed by atoms with Crippen LogP contribution in [0.15, 0.2) is 12.2 Å². The van der Waals surface area contributed by atoms with E-state index < -0.39 is 23.8 Å². The van der Waals surface area contributed by atoms with Gasteiger partial charge in [0.05, 0.1) is 11.8 Å². The molecule has 4 nitrogen and oxygen atoms in total. The molecule has 0 saturated heterocycles. The predicted molar refractivity (Wildman–Crippen MR) is 54.6 cm³/mol. The molecule has 4 aliphatic rings. The van der Waals surface area contributed by atoms with Gasteiger partial charge >= 0.3 is 11.9 Å². The summed E-state index contributed by atoms with van der Waals surface area (Å²) in [6, 6.07) is 0. The number of hydrogen-bond donors (Lipinski definition) is 2. The molecular weight excluding hydrogens is 208 g/mol. The van der Waals surface area contributed by atoms with Crippen LogP contribution in [0.2, 0.25) is 0 Å². The largest absolute Gasteiger partial charge is 0.481 e. The minimum atomic E-state index is -0.947. The van der Waals surface area contributed by atoms with Crippen LogP contribution in [0, 0.1) is 35.5 Å². The molecule has 0 amide bonds. The summed E-state index contributed by atoms with van der Waals surface area (Å²) in [6.45, 7) is 0. The highest BCUT2D eigenvalue weighted by Crippen LogP contribution is 2.59. The number of carbonyl (C=O) groups is 2. The van der Waals surface area contributed by atoms with Gasteiger partial charge in [-0.25, -0.2) is 0 Å². The topological polar surface area (TPSA) is 74.6 Å². The molecular formula is C12H14O4. The van der Waals surface area contributed by atoms with Crippen molar-refractivity contribution < 1.29 is 19.8 Å². The second-order valence-electron chi connectivity index (χ2n) is 5.17. The quantitative estimate of drug-likeness (QED) is 0.689. The fraction of sp³-hybridized carbons (Fsp3) is 0.667. The number of rotatable bonds is 2. The second kappa shape index (κ2) is 3.09. The highest BCUT2D eigenvalue weighted by molar-refractivity contribution is 5.82. The molecule has 2 N–H and O–H groups in total. The average Bonchev–Trinajstić information content (AvgIpc) is 2.15. The zero-order valence-electron chi connectivity index (χ0n) is 8.74. The van der Waals surface area contributed by atoms with Gasteiger partial charge in [0.1, 0.15) is 0 Å². The summed E-state index contributed by atoms with van der Waals surface area (Å²) in [4.78, 5) is 22.5. The Kier molecular flexibility index (Phi) is 1.91. The van der Waals surface area contributed by atoms with Crippen LogP contribution in [0.3, 0.4) is 0 Å². The summed E-state index contributed by atoms with van der Waals surface area (Å²) < 4.78 is 0. The van der Waals surface area contributed by atoms with E-state index in [1.54, 1.807) is 0 Å². The number of carboxylic acids is 2. The van der Waals surface area contributed by atoms with Crippen LogP contribution in [0.25, 0.3) is 0 Å². The van der Waals surface area contributed by atoms with Gasteiger partial charge in [0.25, 0.3) is 0 Å². The number of aliphatic carboxylic acids is 2. The van der Waals surface area contributed by atoms with Crippen molar-refractivity contribution in [3.8, 4) is 0 Å². The fourth-order valence-corrected chi connectivity index (χ4v) is 3.94. The summed E-state index contributed by atoms with van der Waals surface area (Å²) in [5, 5.41) is 18.4. The van der Waals surface area contributed by atoms with Crippen LogP contribution >= 0.6 is 0 Å². The molecule has 4 heteroatoms. The van der Waals surface area contributed by atoms with Crippen molar-refractivity contribution in [3.63, 3.8) is 0 Å². The van der Waals surface area contributed by atoms with Gasteiger partial charge in [-0.3, -0.25) is 9.59 Å². The molecule has 0 radical (unpaired) electrons. The summed E-state index contributed by atoms with van der Waals surface area (Å²) in [5.41, 5.74) is 0. The summed E-state index contributed by atoms with van der Waals surface area (Å²) in [6.07, 6.45) is 6.02. The van der Waals surface area contributed by atoms with Crippen molar-refractivity contribution in [2.24, 2.45) is 35.5 Å². The summed E-state index contributed by atoms with van der Waals surface area (Å²) in [7, 11) is 0. The molecule has 0 heterocycles. The van der Waals surface area contributed by atoms with Gasteiger partial charge in [0.15, 0.2) is 0 Å². The van der Waals surface area contributed by atoms with Gasteiger partial charge in [-0.15, -0.1) is 0 Å². The van der Waals surface area contributed by atoms with Gasteiger partial charge in [-0.05, 0) is 36.5 Å². The molecule has 0 aromatic carbocycles. The Hall–Kier alpha value is -1.32. The molecule has 2 saturated carbocycles. The number of allylic oxidation sites excluding steroid dienone is 2. The lowest BCUT2D eigenvalue weighted by atomic mass is 9.46. The van der Waals surface area contributed by atoms with Crippen LogP contribution in [-0.2, 0) is 9.59 Å². The zero-order chi connectivity index (χ0) is 11.4.